The van der Waals surface area contributed by atoms with Gasteiger partial charge in [-0.2, -0.15) is 0 Å². The molecular weight excluding hydrogens is 118 g/mol. The normalized spacial score (nSPS) is 21.5. The van der Waals surface area contributed by atoms with Gasteiger partial charge in [0, 0.05) is 18.8 Å². The van der Waals surface area contributed by atoms with Gasteiger partial charge in [-0.15, -0.1) is 6.58 Å². The third-order valence-electron chi connectivity index (χ3n) is 1.04. The molecule has 0 aromatic carbocycles. The molecule has 0 spiro atoms. The highest BCUT2D eigenvalue weighted by Crippen LogP contribution is 2.17. The van der Waals surface area contributed by atoms with E-state index in [4.69, 9.17) is 0 Å². The summed E-state index contributed by atoms with van der Waals surface area (Å²) in [7, 11) is 0. The zero-order valence-electron chi connectivity index (χ0n) is 4.84. The maximum Gasteiger partial charge on any atom is 0.0268 e. The van der Waals surface area contributed by atoms with Gasteiger partial charge in [-0.3, -0.25) is 0 Å². The van der Waals surface area contributed by atoms with Crippen molar-refractivity contribution in [2.75, 3.05) is 18.8 Å². The van der Waals surface area contributed by atoms with Gasteiger partial charge in [0.2, 0.25) is 0 Å². The SMILES string of the molecule is C=CCN1C[CH]CS1. The number of rotatable bonds is 2. The van der Waals surface area contributed by atoms with E-state index in [-0.39, 0.29) is 0 Å². The Morgan fingerprint density at radius 3 is 3.25 bits per heavy atom. The third kappa shape index (κ3) is 1.53. The van der Waals surface area contributed by atoms with Crippen LogP contribution in [-0.4, -0.2) is 23.1 Å². The van der Waals surface area contributed by atoms with Crippen molar-refractivity contribution < 1.29 is 0 Å². The molecule has 8 heavy (non-hydrogen) atoms. The molecule has 0 bridgehead atoms. The average molecular weight is 128 g/mol. The van der Waals surface area contributed by atoms with Crippen molar-refractivity contribution in [2.24, 2.45) is 0 Å². The van der Waals surface area contributed by atoms with Gasteiger partial charge in [-0.05, 0) is 6.42 Å². The molecule has 0 saturated carbocycles. The first-order chi connectivity index (χ1) is 3.93. The average Bonchev–Trinajstić information content (AvgIpc) is 2.19. The summed E-state index contributed by atoms with van der Waals surface area (Å²) in [5, 5.41) is 0. The van der Waals surface area contributed by atoms with Gasteiger partial charge in [0.05, 0.1) is 0 Å². The van der Waals surface area contributed by atoms with Crippen LogP contribution in [0.2, 0.25) is 0 Å². The van der Waals surface area contributed by atoms with Gasteiger partial charge in [-0.25, -0.2) is 4.31 Å². The highest BCUT2D eigenvalue weighted by atomic mass is 32.2. The van der Waals surface area contributed by atoms with Crippen LogP contribution in [0.3, 0.4) is 0 Å². The second kappa shape index (κ2) is 3.15. The molecule has 1 radical (unpaired) electrons. The van der Waals surface area contributed by atoms with Crippen molar-refractivity contribution in [1.29, 1.82) is 0 Å². The fraction of sp³-hybridized carbons (Fsp3) is 0.500. The maximum atomic E-state index is 3.66. The van der Waals surface area contributed by atoms with Crippen molar-refractivity contribution in [3.05, 3.63) is 19.1 Å². The molecule has 1 rings (SSSR count). The van der Waals surface area contributed by atoms with E-state index in [1.165, 1.54) is 5.75 Å². The molecule has 1 aliphatic heterocycles. The van der Waals surface area contributed by atoms with Crippen LogP contribution < -0.4 is 0 Å². The Balaban J connectivity index is 2.14. The molecule has 0 amide bonds. The van der Waals surface area contributed by atoms with Crippen LogP contribution in [0, 0.1) is 6.42 Å². The Kier molecular flexibility index (Phi) is 2.43. The van der Waals surface area contributed by atoms with Crippen molar-refractivity contribution >= 4 is 11.9 Å². The minimum Gasteiger partial charge on any atom is -0.246 e. The van der Waals surface area contributed by atoms with Crippen molar-refractivity contribution in [2.45, 2.75) is 0 Å². The van der Waals surface area contributed by atoms with Gasteiger partial charge in [0.1, 0.15) is 0 Å². The number of hydrogen-bond donors (Lipinski definition) is 0. The van der Waals surface area contributed by atoms with E-state index in [9.17, 15) is 0 Å². The molecule has 1 heterocycles. The van der Waals surface area contributed by atoms with E-state index in [0.717, 1.165) is 13.1 Å². The second-order valence-corrected chi connectivity index (χ2v) is 2.83. The van der Waals surface area contributed by atoms with E-state index >= 15 is 0 Å². The molecule has 0 N–H and O–H groups in total. The zero-order chi connectivity index (χ0) is 5.82. The summed E-state index contributed by atoms with van der Waals surface area (Å²) in [5.41, 5.74) is 0. The van der Waals surface area contributed by atoms with Crippen LogP contribution in [-0.2, 0) is 0 Å². The standard InChI is InChI=1S/C6H10NS/c1-2-4-7-5-3-6-8-7/h2-3H,1,4-6H2. The minimum atomic E-state index is 1.02. The van der Waals surface area contributed by atoms with E-state index < -0.39 is 0 Å². The molecule has 1 nitrogen and oxygen atoms in total. The molecule has 0 atom stereocenters. The van der Waals surface area contributed by atoms with Gasteiger partial charge in [-0.1, -0.05) is 18.0 Å². The number of nitrogens with zero attached hydrogens (tertiary/aromatic N) is 1. The van der Waals surface area contributed by atoms with Crippen molar-refractivity contribution in [1.82, 2.24) is 4.31 Å². The molecule has 1 fully saturated rings. The van der Waals surface area contributed by atoms with Crippen LogP contribution in [0.1, 0.15) is 0 Å². The Morgan fingerprint density at radius 1 is 1.88 bits per heavy atom. The predicted octanol–water partition coefficient (Wildman–Crippen LogP) is 1.34. The Bertz CT molecular complexity index is 76.6. The predicted molar refractivity (Wildman–Crippen MR) is 38.5 cm³/mol. The summed E-state index contributed by atoms with van der Waals surface area (Å²) in [4.78, 5) is 0. The molecule has 1 saturated heterocycles. The topological polar surface area (TPSA) is 3.24 Å². The van der Waals surface area contributed by atoms with Crippen LogP contribution in [0.25, 0.3) is 0 Å². The molecule has 2 heteroatoms. The molecule has 45 valence electrons. The monoisotopic (exact) mass is 128 g/mol. The lowest BCUT2D eigenvalue weighted by molar-refractivity contribution is 0.584. The highest BCUT2D eigenvalue weighted by molar-refractivity contribution is 7.97. The molecule has 1 aliphatic rings. The van der Waals surface area contributed by atoms with Crippen LogP contribution >= 0.6 is 11.9 Å². The Labute approximate surface area is 54.9 Å². The summed E-state index contributed by atoms with van der Waals surface area (Å²) < 4.78 is 2.28. The first kappa shape index (κ1) is 6.17. The Morgan fingerprint density at radius 2 is 2.75 bits per heavy atom. The van der Waals surface area contributed by atoms with Crippen LogP contribution in [0.15, 0.2) is 12.7 Å². The minimum absolute atomic E-state index is 1.02. The smallest absolute Gasteiger partial charge is 0.0268 e. The van der Waals surface area contributed by atoms with E-state index in [1.54, 1.807) is 0 Å². The largest absolute Gasteiger partial charge is 0.246 e. The lowest BCUT2D eigenvalue weighted by Gasteiger charge is -2.07. The molecular formula is C6H10NS. The fourth-order valence-corrected chi connectivity index (χ4v) is 1.52. The van der Waals surface area contributed by atoms with Crippen molar-refractivity contribution in [3.8, 4) is 0 Å². The lowest BCUT2D eigenvalue weighted by atomic mass is 10.5. The summed E-state index contributed by atoms with van der Waals surface area (Å²) >= 11 is 1.87. The molecule has 0 unspecified atom stereocenters. The van der Waals surface area contributed by atoms with Gasteiger partial charge in [0.15, 0.2) is 0 Å². The van der Waals surface area contributed by atoms with Gasteiger partial charge < -0.3 is 0 Å². The first-order valence-electron chi connectivity index (χ1n) is 2.74. The van der Waals surface area contributed by atoms with Crippen molar-refractivity contribution in [3.63, 3.8) is 0 Å². The maximum absolute atomic E-state index is 3.66. The summed E-state index contributed by atoms with van der Waals surface area (Å²) in [6.07, 6.45) is 4.21. The fourth-order valence-electron chi connectivity index (χ4n) is 0.679. The van der Waals surface area contributed by atoms with E-state index in [1.807, 2.05) is 18.0 Å². The van der Waals surface area contributed by atoms with Gasteiger partial charge in [0.25, 0.3) is 0 Å². The van der Waals surface area contributed by atoms with Crippen LogP contribution in [0.5, 0.6) is 0 Å². The summed E-state index contributed by atoms with van der Waals surface area (Å²) in [5.74, 6) is 1.17. The summed E-state index contributed by atoms with van der Waals surface area (Å²) in [6, 6.07) is 0. The third-order valence-corrected chi connectivity index (χ3v) is 2.09. The Hall–Kier alpha value is 0.0500. The molecule has 0 aliphatic carbocycles. The van der Waals surface area contributed by atoms with E-state index in [0.29, 0.717) is 0 Å². The quantitative estimate of drug-likeness (QED) is 0.408. The number of hydrogen-bond acceptors (Lipinski definition) is 2. The first-order valence-corrected chi connectivity index (χ1v) is 3.68. The van der Waals surface area contributed by atoms with Crippen LogP contribution in [0.4, 0.5) is 0 Å². The lowest BCUT2D eigenvalue weighted by Crippen LogP contribution is -2.10. The molecule has 0 aromatic heterocycles. The van der Waals surface area contributed by atoms with Gasteiger partial charge >= 0.3 is 0 Å². The highest BCUT2D eigenvalue weighted by Gasteiger charge is 2.09. The second-order valence-electron chi connectivity index (χ2n) is 1.72. The molecule has 0 aromatic rings. The zero-order valence-corrected chi connectivity index (χ0v) is 5.66. The van der Waals surface area contributed by atoms with E-state index in [2.05, 4.69) is 17.3 Å². The summed E-state index contributed by atoms with van der Waals surface area (Å²) in [6.45, 7) is 5.79.